The first-order chi connectivity index (χ1) is 8.02. The standard InChI is InChI=1S/C11H11Cl2NO3/c1-17-14-10(2-3-11(15)16)7-4-8(12)6-9(13)5-7/h2,4-6,14H,3H2,1H3,(H,15,16). The summed E-state index contributed by atoms with van der Waals surface area (Å²) in [6, 6.07) is 4.91. The molecule has 0 aliphatic rings. The van der Waals surface area contributed by atoms with Gasteiger partial charge < -0.3 is 5.11 Å². The molecule has 1 aromatic rings. The van der Waals surface area contributed by atoms with Crippen molar-refractivity contribution in [2.45, 2.75) is 6.42 Å². The van der Waals surface area contributed by atoms with Crippen molar-refractivity contribution in [2.24, 2.45) is 0 Å². The summed E-state index contributed by atoms with van der Waals surface area (Å²) in [5, 5.41) is 9.55. The van der Waals surface area contributed by atoms with Gasteiger partial charge in [-0.05, 0) is 24.3 Å². The number of halogens is 2. The highest BCUT2D eigenvalue weighted by molar-refractivity contribution is 6.34. The first kappa shape index (κ1) is 13.8. The molecule has 0 heterocycles. The third kappa shape index (κ3) is 4.65. The van der Waals surface area contributed by atoms with E-state index in [0.29, 0.717) is 21.3 Å². The Morgan fingerprint density at radius 2 is 2.00 bits per heavy atom. The van der Waals surface area contributed by atoms with Crippen LogP contribution in [0, 0.1) is 0 Å². The van der Waals surface area contributed by atoms with Gasteiger partial charge in [-0.2, -0.15) is 0 Å². The summed E-state index contributed by atoms with van der Waals surface area (Å²) < 4.78 is 0. The highest BCUT2D eigenvalue weighted by Crippen LogP contribution is 2.23. The lowest BCUT2D eigenvalue weighted by atomic mass is 10.1. The van der Waals surface area contributed by atoms with Gasteiger partial charge in [-0.25, -0.2) is 0 Å². The maximum atomic E-state index is 10.5. The largest absolute Gasteiger partial charge is 0.481 e. The number of hydroxylamine groups is 1. The summed E-state index contributed by atoms with van der Waals surface area (Å²) in [6.45, 7) is 0. The number of hydrogen-bond acceptors (Lipinski definition) is 3. The van der Waals surface area contributed by atoms with Crippen LogP contribution < -0.4 is 5.48 Å². The van der Waals surface area contributed by atoms with Gasteiger partial charge in [0, 0.05) is 15.6 Å². The van der Waals surface area contributed by atoms with Crippen LogP contribution in [0.2, 0.25) is 10.0 Å². The zero-order valence-electron chi connectivity index (χ0n) is 9.04. The van der Waals surface area contributed by atoms with Crippen LogP contribution in [0.3, 0.4) is 0 Å². The summed E-state index contributed by atoms with van der Waals surface area (Å²) in [5.74, 6) is -0.937. The molecule has 0 radical (unpaired) electrons. The van der Waals surface area contributed by atoms with Crippen LogP contribution >= 0.6 is 23.2 Å². The normalized spacial score (nSPS) is 11.4. The molecule has 0 fully saturated rings. The average molecular weight is 276 g/mol. The van der Waals surface area contributed by atoms with Crippen molar-refractivity contribution in [3.8, 4) is 0 Å². The summed E-state index contributed by atoms with van der Waals surface area (Å²) in [4.78, 5) is 15.3. The molecular formula is C11H11Cl2NO3. The van der Waals surface area contributed by atoms with Crippen molar-refractivity contribution in [2.75, 3.05) is 7.11 Å². The van der Waals surface area contributed by atoms with E-state index in [4.69, 9.17) is 33.1 Å². The lowest BCUT2D eigenvalue weighted by Gasteiger charge is -2.09. The minimum absolute atomic E-state index is 0.129. The number of carbonyl (C=O) groups is 1. The number of aliphatic carboxylic acids is 1. The Kier molecular flexibility index (Phi) is 5.28. The summed E-state index contributed by atoms with van der Waals surface area (Å²) in [6.07, 6.45) is 1.35. The fourth-order valence-corrected chi connectivity index (χ4v) is 1.75. The molecule has 17 heavy (non-hydrogen) atoms. The smallest absolute Gasteiger partial charge is 0.307 e. The fourth-order valence-electron chi connectivity index (χ4n) is 1.23. The molecule has 0 bridgehead atoms. The molecule has 0 saturated heterocycles. The van der Waals surface area contributed by atoms with Crippen molar-refractivity contribution in [1.29, 1.82) is 0 Å². The Morgan fingerprint density at radius 3 is 2.47 bits per heavy atom. The van der Waals surface area contributed by atoms with Gasteiger partial charge in [0.25, 0.3) is 0 Å². The maximum absolute atomic E-state index is 10.5. The number of carboxylic acid groups (broad SMARTS) is 1. The van der Waals surface area contributed by atoms with Gasteiger partial charge in [0.1, 0.15) is 0 Å². The number of rotatable bonds is 5. The van der Waals surface area contributed by atoms with Crippen LogP contribution in [0.4, 0.5) is 0 Å². The molecule has 0 unspecified atom stereocenters. The Bertz CT molecular complexity index is 426. The van der Waals surface area contributed by atoms with E-state index in [9.17, 15) is 4.79 Å². The minimum atomic E-state index is -0.937. The van der Waals surface area contributed by atoms with Gasteiger partial charge in [-0.1, -0.05) is 23.2 Å². The van der Waals surface area contributed by atoms with Gasteiger partial charge >= 0.3 is 5.97 Å². The molecule has 1 aromatic carbocycles. The molecule has 92 valence electrons. The van der Waals surface area contributed by atoms with Crippen molar-refractivity contribution in [1.82, 2.24) is 5.48 Å². The van der Waals surface area contributed by atoms with Crippen molar-refractivity contribution in [3.05, 3.63) is 39.9 Å². The lowest BCUT2D eigenvalue weighted by molar-refractivity contribution is -0.136. The van der Waals surface area contributed by atoms with Crippen molar-refractivity contribution in [3.63, 3.8) is 0 Å². The molecule has 0 saturated carbocycles. The highest BCUT2D eigenvalue weighted by Gasteiger charge is 2.05. The van der Waals surface area contributed by atoms with Gasteiger partial charge in [0.2, 0.25) is 0 Å². The van der Waals surface area contributed by atoms with Crippen LogP contribution in [0.5, 0.6) is 0 Å². The fraction of sp³-hybridized carbons (Fsp3) is 0.182. The van der Waals surface area contributed by atoms with E-state index in [1.807, 2.05) is 0 Å². The van der Waals surface area contributed by atoms with Crippen molar-refractivity contribution < 1.29 is 14.7 Å². The van der Waals surface area contributed by atoms with Gasteiger partial charge in [-0.15, -0.1) is 0 Å². The Morgan fingerprint density at radius 1 is 1.41 bits per heavy atom. The number of hydrogen-bond donors (Lipinski definition) is 2. The van der Waals surface area contributed by atoms with E-state index < -0.39 is 5.97 Å². The molecule has 0 spiro atoms. The van der Waals surface area contributed by atoms with Crippen LogP contribution in [0.15, 0.2) is 24.3 Å². The molecule has 2 N–H and O–H groups in total. The molecular weight excluding hydrogens is 265 g/mol. The summed E-state index contributed by atoms with van der Waals surface area (Å²) in [5.41, 5.74) is 3.75. The second-order valence-corrected chi connectivity index (χ2v) is 4.05. The Balaban J connectivity index is 3.04. The zero-order chi connectivity index (χ0) is 12.8. The third-order valence-corrected chi connectivity index (χ3v) is 2.30. The quantitative estimate of drug-likeness (QED) is 0.812. The molecule has 6 heteroatoms. The van der Waals surface area contributed by atoms with E-state index in [0.717, 1.165) is 0 Å². The van der Waals surface area contributed by atoms with E-state index in [1.54, 1.807) is 18.2 Å². The highest BCUT2D eigenvalue weighted by atomic mass is 35.5. The third-order valence-electron chi connectivity index (χ3n) is 1.87. The minimum Gasteiger partial charge on any atom is -0.481 e. The van der Waals surface area contributed by atoms with E-state index in [2.05, 4.69) is 5.48 Å². The van der Waals surface area contributed by atoms with Crippen LogP contribution in [0.25, 0.3) is 5.70 Å². The van der Waals surface area contributed by atoms with E-state index in [-0.39, 0.29) is 6.42 Å². The predicted molar refractivity (Wildman–Crippen MR) is 66.8 cm³/mol. The first-order valence-corrected chi connectivity index (χ1v) is 5.46. The van der Waals surface area contributed by atoms with Crippen molar-refractivity contribution >= 4 is 34.9 Å². The predicted octanol–water partition coefficient (Wildman–Crippen LogP) is 2.96. The summed E-state index contributed by atoms with van der Waals surface area (Å²) in [7, 11) is 1.43. The number of benzene rings is 1. The SMILES string of the molecule is CONC(=CCC(=O)O)c1cc(Cl)cc(Cl)c1. The maximum Gasteiger partial charge on any atom is 0.307 e. The number of carboxylic acids is 1. The Labute approximate surface area is 109 Å². The van der Waals surface area contributed by atoms with Gasteiger partial charge in [0.05, 0.1) is 19.2 Å². The molecule has 0 amide bonds. The molecule has 0 aliphatic carbocycles. The Hall–Kier alpha value is -1.23. The average Bonchev–Trinajstić information content (AvgIpc) is 2.22. The van der Waals surface area contributed by atoms with Crippen LogP contribution in [0.1, 0.15) is 12.0 Å². The molecule has 0 aliphatic heterocycles. The van der Waals surface area contributed by atoms with Gasteiger partial charge in [0.15, 0.2) is 0 Å². The van der Waals surface area contributed by atoms with Crippen LogP contribution in [-0.2, 0) is 9.63 Å². The second kappa shape index (κ2) is 6.49. The molecule has 1 rings (SSSR count). The lowest BCUT2D eigenvalue weighted by Crippen LogP contribution is -2.10. The van der Waals surface area contributed by atoms with E-state index in [1.165, 1.54) is 13.2 Å². The van der Waals surface area contributed by atoms with Crippen LogP contribution in [-0.4, -0.2) is 18.2 Å². The summed E-state index contributed by atoms with van der Waals surface area (Å²) >= 11 is 11.7. The topological polar surface area (TPSA) is 58.6 Å². The molecule has 0 aromatic heterocycles. The second-order valence-electron chi connectivity index (χ2n) is 3.18. The molecule has 4 nitrogen and oxygen atoms in total. The monoisotopic (exact) mass is 275 g/mol. The van der Waals surface area contributed by atoms with E-state index >= 15 is 0 Å². The number of nitrogens with one attached hydrogen (secondary N) is 1. The molecule has 0 atom stereocenters. The zero-order valence-corrected chi connectivity index (χ0v) is 10.5. The van der Waals surface area contributed by atoms with Gasteiger partial charge in [-0.3, -0.25) is 15.1 Å². The first-order valence-electron chi connectivity index (χ1n) is 4.70.